The summed E-state index contributed by atoms with van der Waals surface area (Å²) in [5.41, 5.74) is 3.40. The highest BCUT2D eigenvalue weighted by atomic mass is 16.5. The highest BCUT2D eigenvalue weighted by Crippen LogP contribution is 2.18. The Morgan fingerprint density at radius 1 is 1.39 bits per heavy atom. The standard InChI is InChI=1S/C14H18N2O2/c1-11(2)14(17)16-15-10-6-8-12-7-4-5-9-13(12)18-3/h4-11H,1-3H3,(H,16,17)/b8-6+,15-10-. The van der Waals surface area contributed by atoms with Gasteiger partial charge in [-0.05, 0) is 18.2 Å². The molecule has 0 aromatic heterocycles. The van der Waals surface area contributed by atoms with Gasteiger partial charge in [0.15, 0.2) is 0 Å². The predicted molar refractivity (Wildman–Crippen MR) is 73.5 cm³/mol. The number of carbonyl (C=O) groups excluding carboxylic acids is 1. The SMILES string of the molecule is COc1ccccc1/C=C/C=N\NC(=O)C(C)C. The molecule has 4 nitrogen and oxygen atoms in total. The van der Waals surface area contributed by atoms with E-state index >= 15 is 0 Å². The molecule has 0 radical (unpaired) electrons. The van der Waals surface area contributed by atoms with Gasteiger partial charge in [0.05, 0.1) is 7.11 Å². The number of ether oxygens (including phenoxy) is 1. The van der Waals surface area contributed by atoms with Gasteiger partial charge >= 0.3 is 0 Å². The Hall–Kier alpha value is -2.10. The molecule has 0 saturated carbocycles. The monoisotopic (exact) mass is 246 g/mol. The predicted octanol–water partition coefficient (Wildman–Crippen LogP) is 2.47. The van der Waals surface area contributed by atoms with E-state index in [1.165, 1.54) is 6.21 Å². The number of rotatable bonds is 5. The molecule has 0 bridgehead atoms. The maximum absolute atomic E-state index is 11.2. The Balaban J connectivity index is 2.55. The lowest BCUT2D eigenvalue weighted by Crippen LogP contribution is -2.22. The molecule has 0 atom stereocenters. The van der Waals surface area contributed by atoms with Crippen molar-refractivity contribution in [2.24, 2.45) is 11.0 Å². The second-order valence-electron chi connectivity index (χ2n) is 4.01. The average molecular weight is 246 g/mol. The number of nitrogens with one attached hydrogen (secondary N) is 1. The first kappa shape index (κ1) is 14.0. The molecule has 1 aromatic carbocycles. The summed E-state index contributed by atoms with van der Waals surface area (Å²) in [5.74, 6) is 0.630. The Morgan fingerprint density at radius 2 is 2.11 bits per heavy atom. The fraction of sp³-hybridized carbons (Fsp3) is 0.286. The Kier molecular flexibility index (Phi) is 5.64. The van der Waals surface area contributed by atoms with Crippen LogP contribution in [0, 0.1) is 5.92 Å². The Labute approximate surface area is 107 Å². The number of para-hydroxylation sites is 1. The van der Waals surface area contributed by atoms with E-state index in [-0.39, 0.29) is 11.8 Å². The number of amides is 1. The summed E-state index contributed by atoms with van der Waals surface area (Å²) in [4.78, 5) is 11.2. The second-order valence-corrected chi connectivity index (χ2v) is 4.01. The van der Waals surface area contributed by atoms with Gasteiger partial charge in [-0.2, -0.15) is 5.10 Å². The molecule has 0 saturated heterocycles. The van der Waals surface area contributed by atoms with Crippen molar-refractivity contribution >= 4 is 18.2 Å². The molecule has 0 aliphatic carbocycles. The lowest BCUT2D eigenvalue weighted by atomic mass is 10.2. The van der Waals surface area contributed by atoms with Crippen molar-refractivity contribution in [2.45, 2.75) is 13.8 Å². The van der Waals surface area contributed by atoms with Crippen LogP contribution in [0.15, 0.2) is 35.4 Å². The molecule has 4 heteroatoms. The lowest BCUT2D eigenvalue weighted by molar-refractivity contribution is -0.123. The highest BCUT2D eigenvalue weighted by Gasteiger charge is 2.03. The fourth-order valence-electron chi connectivity index (χ4n) is 1.22. The molecule has 96 valence electrons. The molecule has 1 amide bonds. The van der Waals surface area contributed by atoms with Crippen molar-refractivity contribution in [1.29, 1.82) is 0 Å². The lowest BCUT2D eigenvalue weighted by Gasteiger charge is -2.02. The topological polar surface area (TPSA) is 50.7 Å². The van der Waals surface area contributed by atoms with E-state index in [1.54, 1.807) is 13.2 Å². The van der Waals surface area contributed by atoms with Crippen molar-refractivity contribution < 1.29 is 9.53 Å². The highest BCUT2D eigenvalue weighted by molar-refractivity contribution is 5.82. The zero-order valence-corrected chi connectivity index (χ0v) is 10.9. The number of methoxy groups -OCH3 is 1. The molecular formula is C14H18N2O2. The number of hydrazone groups is 1. The zero-order valence-electron chi connectivity index (χ0n) is 10.9. The fourth-order valence-corrected chi connectivity index (χ4v) is 1.22. The zero-order chi connectivity index (χ0) is 13.4. The summed E-state index contributed by atoms with van der Waals surface area (Å²) in [6, 6.07) is 7.67. The molecule has 18 heavy (non-hydrogen) atoms. The quantitative estimate of drug-likeness (QED) is 0.641. The first-order valence-corrected chi connectivity index (χ1v) is 5.77. The van der Waals surface area contributed by atoms with Gasteiger partial charge in [0.1, 0.15) is 5.75 Å². The first-order chi connectivity index (χ1) is 8.65. The number of hydrogen-bond donors (Lipinski definition) is 1. The van der Waals surface area contributed by atoms with Gasteiger partial charge < -0.3 is 4.74 Å². The van der Waals surface area contributed by atoms with E-state index in [0.717, 1.165) is 11.3 Å². The van der Waals surface area contributed by atoms with E-state index < -0.39 is 0 Å². The van der Waals surface area contributed by atoms with Gasteiger partial charge in [0.25, 0.3) is 0 Å². The molecule has 0 heterocycles. The van der Waals surface area contributed by atoms with Gasteiger partial charge in [-0.1, -0.05) is 32.0 Å². The third-order valence-electron chi connectivity index (χ3n) is 2.27. The molecule has 0 spiro atoms. The van der Waals surface area contributed by atoms with Crippen molar-refractivity contribution in [3.8, 4) is 5.75 Å². The molecule has 0 unspecified atom stereocenters. The van der Waals surface area contributed by atoms with Crippen molar-refractivity contribution in [2.75, 3.05) is 7.11 Å². The Bertz CT molecular complexity index is 451. The molecule has 1 N–H and O–H groups in total. The molecule has 0 fully saturated rings. The molecule has 0 aliphatic heterocycles. The average Bonchev–Trinajstić information content (AvgIpc) is 2.38. The van der Waals surface area contributed by atoms with Gasteiger partial charge in [-0.15, -0.1) is 0 Å². The minimum atomic E-state index is -0.100. The summed E-state index contributed by atoms with van der Waals surface area (Å²) < 4.78 is 5.21. The van der Waals surface area contributed by atoms with Crippen LogP contribution >= 0.6 is 0 Å². The van der Waals surface area contributed by atoms with Crippen molar-refractivity contribution in [1.82, 2.24) is 5.43 Å². The third kappa shape index (κ3) is 4.41. The van der Waals surface area contributed by atoms with Crippen LogP contribution in [0.5, 0.6) is 5.75 Å². The van der Waals surface area contributed by atoms with Gasteiger partial charge in [0.2, 0.25) is 5.91 Å². The van der Waals surface area contributed by atoms with Crippen LogP contribution in [-0.4, -0.2) is 19.2 Å². The number of benzene rings is 1. The van der Waals surface area contributed by atoms with Crippen LogP contribution in [0.3, 0.4) is 0 Å². The maximum Gasteiger partial charge on any atom is 0.242 e. The number of allylic oxidation sites excluding steroid dienone is 1. The summed E-state index contributed by atoms with van der Waals surface area (Å²) in [6.07, 6.45) is 5.15. The van der Waals surface area contributed by atoms with Crippen LogP contribution < -0.4 is 10.2 Å². The van der Waals surface area contributed by atoms with Crippen molar-refractivity contribution in [3.63, 3.8) is 0 Å². The van der Waals surface area contributed by atoms with E-state index in [9.17, 15) is 4.79 Å². The van der Waals surface area contributed by atoms with Crippen LogP contribution in [0.4, 0.5) is 0 Å². The largest absolute Gasteiger partial charge is 0.496 e. The van der Waals surface area contributed by atoms with Gasteiger partial charge in [-0.3, -0.25) is 4.79 Å². The molecule has 1 aromatic rings. The van der Waals surface area contributed by atoms with E-state index in [2.05, 4.69) is 10.5 Å². The minimum absolute atomic E-state index is 0.0691. The van der Waals surface area contributed by atoms with E-state index in [0.29, 0.717) is 0 Å². The summed E-state index contributed by atoms with van der Waals surface area (Å²) in [7, 11) is 1.63. The summed E-state index contributed by atoms with van der Waals surface area (Å²) in [6.45, 7) is 3.63. The van der Waals surface area contributed by atoms with Gasteiger partial charge in [0, 0.05) is 17.7 Å². The van der Waals surface area contributed by atoms with Crippen LogP contribution in [0.1, 0.15) is 19.4 Å². The maximum atomic E-state index is 11.2. The number of hydrogen-bond acceptors (Lipinski definition) is 3. The van der Waals surface area contributed by atoms with Crippen LogP contribution in [-0.2, 0) is 4.79 Å². The number of nitrogens with zero attached hydrogens (tertiary/aromatic N) is 1. The van der Waals surface area contributed by atoms with Gasteiger partial charge in [-0.25, -0.2) is 5.43 Å². The first-order valence-electron chi connectivity index (χ1n) is 5.77. The minimum Gasteiger partial charge on any atom is -0.496 e. The normalized spacial score (nSPS) is 11.3. The summed E-state index contributed by atoms with van der Waals surface area (Å²) >= 11 is 0. The van der Waals surface area contributed by atoms with Crippen LogP contribution in [0.2, 0.25) is 0 Å². The molecular weight excluding hydrogens is 228 g/mol. The van der Waals surface area contributed by atoms with E-state index in [4.69, 9.17) is 4.74 Å². The molecule has 1 rings (SSSR count). The Morgan fingerprint density at radius 3 is 2.78 bits per heavy atom. The smallest absolute Gasteiger partial charge is 0.242 e. The third-order valence-corrected chi connectivity index (χ3v) is 2.27. The second kappa shape index (κ2) is 7.27. The van der Waals surface area contributed by atoms with Crippen molar-refractivity contribution in [3.05, 3.63) is 35.9 Å². The summed E-state index contributed by atoms with van der Waals surface area (Å²) in [5, 5.41) is 3.81. The molecule has 0 aliphatic rings. The number of carbonyl (C=O) groups is 1. The van der Waals surface area contributed by atoms with E-state index in [1.807, 2.05) is 44.2 Å². The van der Waals surface area contributed by atoms with Crippen LogP contribution in [0.25, 0.3) is 6.08 Å².